The van der Waals surface area contributed by atoms with Crippen molar-refractivity contribution < 1.29 is 9.53 Å². The average molecular weight is 318 g/mol. The van der Waals surface area contributed by atoms with Crippen LogP contribution in [0.1, 0.15) is 29.3 Å². The average Bonchev–Trinajstić information content (AvgIpc) is 2.53. The number of carbonyl (C=O) groups excluding carboxylic acids is 1. The van der Waals surface area contributed by atoms with Gasteiger partial charge in [-0.15, -0.1) is 0 Å². The molecule has 0 heterocycles. The molecule has 3 nitrogen and oxygen atoms in total. The maximum absolute atomic E-state index is 12.0. The zero-order valence-electron chi connectivity index (χ0n) is 12.6. The number of benzene rings is 2. The SMILES string of the molecule is CCOc1ccccc1CCCNC(=O)c1cccc(Cl)c1. The number of rotatable bonds is 7. The molecular weight excluding hydrogens is 298 g/mol. The van der Waals surface area contributed by atoms with E-state index in [4.69, 9.17) is 16.3 Å². The van der Waals surface area contributed by atoms with Crippen LogP contribution in [0, 0.1) is 0 Å². The van der Waals surface area contributed by atoms with E-state index in [1.165, 1.54) is 5.56 Å². The lowest BCUT2D eigenvalue weighted by molar-refractivity contribution is 0.0953. The molecular formula is C18H20ClNO2. The lowest BCUT2D eigenvalue weighted by Gasteiger charge is -2.10. The third-order valence-corrected chi connectivity index (χ3v) is 3.50. The monoisotopic (exact) mass is 317 g/mol. The van der Waals surface area contributed by atoms with Crippen molar-refractivity contribution in [3.8, 4) is 5.75 Å². The lowest BCUT2D eigenvalue weighted by Crippen LogP contribution is -2.24. The quantitative estimate of drug-likeness (QED) is 0.781. The minimum Gasteiger partial charge on any atom is -0.494 e. The van der Waals surface area contributed by atoms with Gasteiger partial charge in [0.2, 0.25) is 0 Å². The van der Waals surface area contributed by atoms with Gasteiger partial charge in [-0.25, -0.2) is 0 Å². The molecule has 2 aromatic rings. The van der Waals surface area contributed by atoms with E-state index < -0.39 is 0 Å². The summed E-state index contributed by atoms with van der Waals surface area (Å²) in [5.74, 6) is 0.826. The molecule has 0 aliphatic heterocycles. The summed E-state index contributed by atoms with van der Waals surface area (Å²) >= 11 is 5.88. The molecule has 0 saturated heterocycles. The molecule has 1 amide bonds. The van der Waals surface area contributed by atoms with Crippen LogP contribution in [0.25, 0.3) is 0 Å². The first-order valence-corrected chi connectivity index (χ1v) is 7.83. The maximum atomic E-state index is 12.0. The van der Waals surface area contributed by atoms with E-state index in [-0.39, 0.29) is 5.91 Å². The van der Waals surface area contributed by atoms with Gasteiger partial charge in [0.05, 0.1) is 6.61 Å². The molecule has 4 heteroatoms. The van der Waals surface area contributed by atoms with E-state index in [1.807, 2.05) is 25.1 Å². The Labute approximate surface area is 136 Å². The fraction of sp³-hybridized carbons (Fsp3) is 0.278. The van der Waals surface area contributed by atoms with Crippen molar-refractivity contribution >= 4 is 17.5 Å². The molecule has 2 rings (SSSR count). The number of amides is 1. The highest BCUT2D eigenvalue weighted by Gasteiger charge is 2.06. The second-order valence-electron chi connectivity index (χ2n) is 4.91. The highest BCUT2D eigenvalue weighted by molar-refractivity contribution is 6.30. The highest BCUT2D eigenvalue weighted by Crippen LogP contribution is 2.19. The van der Waals surface area contributed by atoms with Gasteiger partial charge in [-0.2, -0.15) is 0 Å². The van der Waals surface area contributed by atoms with Crippen LogP contribution in [0.15, 0.2) is 48.5 Å². The second-order valence-corrected chi connectivity index (χ2v) is 5.35. The largest absolute Gasteiger partial charge is 0.494 e. The Morgan fingerprint density at radius 1 is 1.18 bits per heavy atom. The first kappa shape index (κ1) is 16.4. The molecule has 0 bridgehead atoms. The molecule has 0 atom stereocenters. The number of aryl methyl sites for hydroxylation is 1. The number of nitrogens with one attached hydrogen (secondary N) is 1. The van der Waals surface area contributed by atoms with Gasteiger partial charge in [-0.1, -0.05) is 35.9 Å². The van der Waals surface area contributed by atoms with Crippen molar-refractivity contribution in [3.05, 3.63) is 64.7 Å². The number of hydrogen-bond acceptors (Lipinski definition) is 2. The van der Waals surface area contributed by atoms with Crippen LogP contribution in [0.5, 0.6) is 5.75 Å². The summed E-state index contributed by atoms with van der Waals surface area (Å²) in [6, 6.07) is 15.0. The van der Waals surface area contributed by atoms with E-state index in [0.29, 0.717) is 23.7 Å². The Hall–Kier alpha value is -2.00. The zero-order chi connectivity index (χ0) is 15.8. The van der Waals surface area contributed by atoms with Gasteiger partial charge in [0, 0.05) is 17.1 Å². The molecule has 0 fully saturated rings. The fourth-order valence-electron chi connectivity index (χ4n) is 2.22. The summed E-state index contributed by atoms with van der Waals surface area (Å²) in [5, 5.41) is 3.48. The Balaban J connectivity index is 1.81. The smallest absolute Gasteiger partial charge is 0.251 e. The number of carbonyl (C=O) groups is 1. The zero-order valence-corrected chi connectivity index (χ0v) is 13.4. The van der Waals surface area contributed by atoms with Gasteiger partial charge in [-0.05, 0) is 49.6 Å². The van der Waals surface area contributed by atoms with Crippen molar-refractivity contribution in [2.75, 3.05) is 13.2 Å². The minimum atomic E-state index is -0.0967. The van der Waals surface area contributed by atoms with Crippen molar-refractivity contribution in [1.82, 2.24) is 5.32 Å². The predicted molar refractivity (Wildman–Crippen MR) is 89.7 cm³/mol. The summed E-state index contributed by atoms with van der Waals surface area (Å²) in [6.45, 7) is 3.25. The summed E-state index contributed by atoms with van der Waals surface area (Å²) in [4.78, 5) is 12.0. The van der Waals surface area contributed by atoms with E-state index in [1.54, 1.807) is 24.3 Å². The van der Waals surface area contributed by atoms with Crippen LogP contribution in [0.4, 0.5) is 0 Å². The molecule has 116 valence electrons. The summed E-state index contributed by atoms with van der Waals surface area (Å²) in [6.07, 6.45) is 1.72. The van der Waals surface area contributed by atoms with Crippen LogP contribution in [0.2, 0.25) is 5.02 Å². The third kappa shape index (κ3) is 4.78. The van der Waals surface area contributed by atoms with Crippen molar-refractivity contribution in [3.63, 3.8) is 0 Å². The number of para-hydroxylation sites is 1. The summed E-state index contributed by atoms with van der Waals surface area (Å²) in [5.41, 5.74) is 1.75. The van der Waals surface area contributed by atoms with Crippen LogP contribution >= 0.6 is 11.6 Å². The van der Waals surface area contributed by atoms with Crippen LogP contribution < -0.4 is 10.1 Å². The second kappa shape index (κ2) is 8.44. The third-order valence-electron chi connectivity index (χ3n) is 3.27. The van der Waals surface area contributed by atoms with E-state index >= 15 is 0 Å². The molecule has 2 aromatic carbocycles. The fourth-order valence-corrected chi connectivity index (χ4v) is 2.41. The Morgan fingerprint density at radius 2 is 2.00 bits per heavy atom. The number of hydrogen-bond donors (Lipinski definition) is 1. The standard InChI is InChI=1S/C18H20ClNO2/c1-2-22-17-11-4-3-7-14(17)9-6-12-20-18(21)15-8-5-10-16(19)13-15/h3-5,7-8,10-11,13H,2,6,9,12H2,1H3,(H,20,21). The number of halogens is 1. The summed E-state index contributed by atoms with van der Waals surface area (Å²) < 4.78 is 5.60. The van der Waals surface area contributed by atoms with Gasteiger partial charge in [-0.3, -0.25) is 4.79 Å². The molecule has 0 aromatic heterocycles. The maximum Gasteiger partial charge on any atom is 0.251 e. The van der Waals surface area contributed by atoms with Gasteiger partial charge in [0.1, 0.15) is 5.75 Å². The topological polar surface area (TPSA) is 38.3 Å². The predicted octanol–water partition coefficient (Wildman–Crippen LogP) is 4.10. The van der Waals surface area contributed by atoms with Crippen molar-refractivity contribution in [2.24, 2.45) is 0 Å². The molecule has 22 heavy (non-hydrogen) atoms. The van der Waals surface area contributed by atoms with Gasteiger partial charge in [0.25, 0.3) is 5.91 Å². The van der Waals surface area contributed by atoms with Gasteiger partial charge < -0.3 is 10.1 Å². The van der Waals surface area contributed by atoms with Crippen LogP contribution in [-0.2, 0) is 6.42 Å². The molecule has 0 radical (unpaired) electrons. The number of ether oxygens (including phenoxy) is 1. The van der Waals surface area contributed by atoms with Gasteiger partial charge >= 0.3 is 0 Å². The van der Waals surface area contributed by atoms with E-state index in [2.05, 4.69) is 11.4 Å². The first-order valence-electron chi connectivity index (χ1n) is 7.45. The normalized spacial score (nSPS) is 10.3. The van der Waals surface area contributed by atoms with Crippen LogP contribution in [-0.4, -0.2) is 19.1 Å². The molecule has 0 aliphatic carbocycles. The Kier molecular flexibility index (Phi) is 6.28. The van der Waals surface area contributed by atoms with Gasteiger partial charge in [0.15, 0.2) is 0 Å². The highest BCUT2D eigenvalue weighted by atomic mass is 35.5. The van der Waals surface area contributed by atoms with Crippen LogP contribution in [0.3, 0.4) is 0 Å². The minimum absolute atomic E-state index is 0.0967. The van der Waals surface area contributed by atoms with Crippen molar-refractivity contribution in [2.45, 2.75) is 19.8 Å². The lowest BCUT2D eigenvalue weighted by atomic mass is 10.1. The van der Waals surface area contributed by atoms with Crippen molar-refractivity contribution in [1.29, 1.82) is 0 Å². The van der Waals surface area contributed by atoms with E-state index in [9.17, 15) is 4.79 Å². The molecule has 0 aliphatic rings. The molecule has 0 saturated carbocycles. The Morgan fingerprint density at radius 3 is 2.77 bits per heavy atom. The first-order chi connectivity index (χ1) is 10.7. The summed E-state index contributed by atoms with van der Waals surface area (Å²) in [7, 11) is 0. The van der Waals surface area contributed by atoms with E-state index in [0.717, 1.165) is 18.6 Å². The molecule has 0 unspecified atom stereocenters. The molecule has 1 N–H and O–H groups in total. The Bertz CT molecular complexity index is 628. The molecule has 0 spiro atoms.